The Morgan fingerprint density at radius 3 is 2.36 bits per heavy atom. The summed E-state index contributed by atoms with van der Waals surface area (Å²) in [4.78, 5) is 11.8. The second-order valence-corrected chi connectivity index (χ2v) is 4.89. The minimum Gasteiger partial charge on any atom is -0.493 e. The molecule has 1 saturated heterocycles. The van der Waals surface area contributed by atoms with Gasteiger partial charge in [0.25, 0.3) is 0 Å². The Morgan fingerprint density at radius 1 is 1.18 bits per heavy atom. The van der Waals surface area contributed by atoms with Crippen LogP contribution in [-0.2, 0) is 11.2 Å². The number of carbonyl (C=O) groups excluding carboxylic acids is 1. The molecule has 2 rings (SSSR count). The largest absolute Gasteiger partial charge is 0.493 e. The van der Waals surface area contributed by atoms with Crippen LogP contribution in [0.2, 0.25) is 0 Å². The van der Waals surface area contributed by atoms with Gasteiger partial charge in [-0.05, 0) is 12.5 Å². The highest BCUT2D eigenvalue weighted by Crippen LogP contribution is 2.39. The lowest BCUT2D eigenvalue weighted by atomic mass is 10.0. The zero-order valence-corrected chi connectivity index (χ0v) is 13.9. The molecule has 0 bridgehead atoms. The minimum absolute atomic E-state index is 0. The molecule has 7 heteroatoms. The molecule has 0 unspecified atom stereocenters. The number of hydrogen-bond acceptors (Lipinski definition) is 5. The molecule has 2 N–H and O–H groups in total. The van der Waals surface area contributed by atoms with E-state index < -0.39 is 0 Å². The second kappa shape index (κ2) is 8.70. The fourth-order valence-corrected chi connectivity index (χ4v) is 2.30. The van der Waals surface area contributed by atoms with Crippen molar-refractivity contribution in [2.45, 2.75) is 6.42 Å². The summed E-state index contributed by atoms with van der Waals surface area (Å²) in [5, 5.41) is 6.03. The lowest BCUT2D eigenvalue weighted by molar-refractivity contribution is -0.126. The zero-order valence-electron chi connectivity index (χ0n) is 13.1. The van der Waals surface area contributed by atoms with Crippen LogP contribution in [0, 0.1) is 5.92 Å². The van der Waals surface area contributed by atoms with E-state index in [1.54, 1.807) is 21.3 Å². The smallest absolute Gasteiger partial charge is 0.225 e. The van der Waals surface area contributed by atoms with E-state index in [4.69, 9.17) is 14.2 Å². The number of halogens is 1. The van der Waals surface area contributed by atoms with E-state index in [0.717, 1.165) is 18.7 Å². The number of amides is 1. The molecule has 1 aromatic rings. The number of nitrogens with one attached hydrogen (secondary N) is 2. The number of ether oxygens (including phenoxy) is 3. The summed E-state index contributed by atoms with van der Waals surface area (Å²) in [7, 11) is 4.76. The Balaban J connectivity index is 0.00000242. The van der Waals surface area contributed by atoms with Crippen molar-refractivity contribution in [3.63, 3.8) is 0 Å². The quantitative estimate of drug-likeness (QED) is 0.781. The normalized spacial score (nSPS) is 13.6. The highest BCUT2D eigenvalue weighted by molar-refractivity contribution is 5.85. The SMILES string of the molecule is COc1ccc(CCNC(=O)C2CNC2)c(OC)c1OC.Cl. The van der Waals surface area contributed by atoms with Crippen LogP contribution in [0.4, 0.5) is 0 Å². The summed E-state index contributed by atoms with van der Waals surface area (Å²) in [6, 6.07) is 3.77. The molecule has 0 radical (unpaired) electrons. The van der Waals surface area contributed by atoms with Gasteiger partial charge in [-0.3, -0.25) is 4.79 Å². The second-order valence-electron chi connectivity index (χ2n) is 4.89. The van der Waals surface area contributed by atoms with E-state index in [-0.39, 0.29) is 24.2 Å². The third-order valence-corrected chi connectivity index (χ3v) is 3.63. The lowest BCUT2D eigenvalue weighted by Crippen LogP contribution is -2.51. The first-order chi connectivity index (χ1) is 10.2. The van der Waals surface area contributed by atoms with E-state index in [1.807, 2.05) is 12.1 Å². The minimum atomic E-state index is 0. The van der Waals surface area contributed by atoms with Crippen molar-refractivity contribution >= 4 is 18.3 Å². The molecule has 1 aromatic carbocycles. The van der Waals surface area contributed by atoms with Gasteiger partial charge in [0.1, 0.15) is 0 Å². The molecule has 0 saturated carbocycles. The molecule has 22 heavy (non-hydrogen) atoms. The first kappa shape index (κ1) is 18.4. The number of carbonyl (C=O) groups is 1. The first-order valence-electron chi connectivity index (χ1n) is 6.97. The summed E-state index contributed by atoms with van der Waals surface area (Å²) in [6.07, 6.45) is 0.676. The molecule has 1 fully saturated rings. The number of benzene rings is 1. The molecule has 0 aromatic heterocycles. The summed E-state index contributed by atoms with van der Waals surface area (Å²) in [5.74, 6) is 2.07. The van der Waals surface area contributed by atoms with E-state index >= 15 is 0 Å². The molecule has 1 aliphatic heterocycles. The molecule has 0 spiro atoms. The first-order valence-corrected chi connectivity index (χ1v) is 6.97. The topological polar surface area (TPSA) is 68.8 Å². The summed E-state index contributed by atoms with van der Waals surface area (Å²) < 4.78 is 16.0. The number of methoxy groups -OCH3 is 3. The standard InChI is InChI=1S/C15H22N2O4.ClH/c1-19-12-5-4-10(13(20-2)14(12)21-3)6-7-17-15(18)11-8-16-9-11;/h4-5,11,16H,6-9H2,1-3H3,(H,17,18);1H. The molecule has 1 aliphatic rings. The van der Waals surface area contributed by atoms with Gasteiger partial charge in [0.2, 0.25) is 11.7 Å². The van der Waals surface area contributed by atoms with Gasteiger partial charge in [0, 0.05) is 25.2 Å². The van der Waals surface area contributed by atoms with Gasteiger partial charge in [0.15, 0.2) is 11.5 Å². The van der Waals surface area contributed by atoms with Crippen molar-refractivity contribution in [3.8, 4) is 17.2 Å². The highest BCUT2D eigenvalue weighted by Gasteiger charge is 2.24. The maximum atomic E-state index is 11.8. The number of hydrogen-bond donors (Lipinski definition) is 2. The Morgan fingerprint density at radius 2 is 1.86 bits per heavy atom. The molecular formula is C15H23ClN2O4. The van der Waals surface area contributed by atoms with Crippen LogP contribution < -0.4 is 24.8 Å². The van der Waals surface area contributed by atoms with Crippen LogP contribution in [0.25, 0.3) is 0 Å². The Hall–Kier alpha value is -1.66. The molecule has 1 heterocycles. The van der Waals surface area contributed by atoms with Crippen molar-refractivity contribution < 1.29 is 19.0 Å². The van der Waals surface area contributed by atoms with Gasteiger partial charge in [-0.1, -0.05) is 6.07 Å². The van der Waals surface area contributed by atoms with Crippen molar-refractivity contribution in [1.29, 1.82) is 0 Å². The summed E-state index contributed by atoms with van der Waals surface area (Å²) in [6.45, 7) is 2.11. The van der Waals surface area contributed by atoms with E-state index in [9.17, 15) is 4.79 Å². The monoisotopic (exact) mass is 330 g/mol. The molecular weight excluding hydrogens is 308 g/mol. The predicted molar refractivity (Wildman–Crippen MR) is 86.4 cm³/mol. The average Bonchev–Trinajstić information content (AvgIpc) is 2.44. The van der Waals surface area contributed by atoms with Gasteiger partial charge in [-0.25, -0.2) is 0 Å². The van der Waals surface area contributed by atoms with Crippen LogP contribution >= 0.6 is 12.4 Å². The molecule has 6 nitrogen and oxygen atoms in total. The summed E-state index contributed by atoms with van der Waals surface area (Å²) >= 11 is 0. The van der Waals surface area contributed by atoms with Crippen LogP contribution in [0.15, 0.2) is 12.1 Å². The highest BCUT2D eigenvalue weighted by atomic mass is 35.5. The Bertz CT molecular complexity index is 507. The van der Waals surface area contributed by atoms with Crippen LogP contribution in [0.1, 0.15) is 5.56 Å². The third kappa shape index (κ3) is 3.96. The predicted octanol–water partition coefficient (Wildman–Crippen LogP) is 1.01. The Labute approximate surface area is 136 Å². The third-order valence-electron chi connectivity index (χ3n) is 3.63. The van der Waals surface area contributed by atoms with E-state index in [1.165, 1.54) is 0 Å². The van der Waals surface area contributed by atoms with E-state index in [0.29, 0.717) is 30.2 Å². The maximum Gasteiger partial charge on any atom is 0.225 e. The Kier molecular flexibility index (Phi) is 7.27. The lowest BCUT2D eigenvalue weighted by Gasteiger charge is -2.25. The summed E-state index contributed by atoms with van der Waals surface area (Å²) in [5.41, 5.74) is 0.974. The van der Waals surface area contributed by atoms with Crippen LogP contribution in [-0.4, -0.2) is 46.9 Å². The van der Waals surface area contributed by atoms with Crippen LogP contribution in [0.3, 0.4) is 0 Å². The fraction of sp³-hybridized carbons (Fsp3) is 0.533. The molecule has 124 valence electrons. The van der Waals surface area contributed by atoms with Gasteiger partial charge in [0.05, 0.1) is 27.2 Å². The zero-order chi connectivity index (χ0) is 15.2. The van der Waals surface area contributed by atoms with Gasteiger partial charge in [-0.15, -0.1) is 12.4 Å². The molecule has 1 amide bonds. The van der Waals surface area contributed by atoms with Gasteiger partial charge in [-0.2, -0.15) is 0 Å². The fourth-order valence-electron chi connectivity index (χ4n) is 2.30. The van der Waals surface area contributed by atoms with Gasteiger partial charge < -0.3 is 24.8 Å². The number of rotatable bonds is 7. The maximum absolute atomic E-state index is 11.8. The van der Waals surface area contributed by atoms with Crippen molar-refractivity contribution in [1.82, 2.24) is 10.6 Å². The average molecular weight is 331 g/mol. The molecule has 0 aliphatic carbocycles. The molecule has 0 atom stereocenters. The van der Waals surface area contributed by atoms with Gasteiger partial charge >= 0.3 is 0 Å². The van der Waals surface area contributed by atoms with Crippen molar-refractivity contribution in [2.75, 3.05) is 41.0 Å². The van der Waals surface area contributed by atoms with Crippen LogP contribution in [0.5, 0.6) is 17.2 Å². The van der Waals surface area contributed by atoms with E-state index in [2.05, 4.69) is 10.6 Å². The van der Waals surface area contributed by atoms with Crippen molar-refractivity contribution in [2.24, 2.45) is 5.92 Å². The van der Waals surface area contributed by atoms with Crippen molar-refractivity contribution in [3.05, 3.63) is 17.7 Å².